The largest absolute Gasteiger partial charge is 0.479 e. The minimum atomic E-state index is -1.33. The van der Waals surface area contributed by atoms with Crippen LogP contribution in [0.4, 0.5) is 0 Å². The van der Waals surface area contributed by atoms with E-state index in [9.17, 15) is 9.59 Å². The van der Waals surface area contributed by atoms with Gasteiger partial charge in [-0.1, -0.05) is 65.3 Å². The summed E-state index contributed by atoms with van der Waals surface area (Å²) in [6.45, 7) is 8.03. The molecule has 0 radical (unpaired) electrons. The maximum atomic E-state index is 13.2. The van der Waals surface area contributed by atoms with E-state index in [1.807, 2.05) is 56.3 Å². The van der Waals surface area contributed by atoms with Crippen molar-refractivity contribution in [1.29, 1.82) is 0 Å². The SMILES string of the molecule is Cc1ccc(C(NC(=O)Cc2ccc3oc(Cc4c(C)noc4C)cc3c2)c2ccccc2)c(C)c1.O=C(O)C1(O)CC1. The van der Waals surface area contributed by atoms with Gasteiger partial charge in [0.25, 0.3) is 0 Å². The van der Waals surface area contributed by atoms with Crippen molar-refractivity contribution >= 4 is 22.8 Å². The number of aromatic nitrogens is 1. The van der Waals surface area contributed by atoms with Gasteiger partial charge in [0, 0.05) is 17.4 Å². The summed E-state index contributed by atoms with van der Waals surface area (Å²) in [5, 5.41) is 25.0. The fraction of sp³-hybridized carbons (Fsp3) is 0.286. The predicted molar refractivity (Wildman–Crippen MR) is 163 cm³/mol. The molecular weight excluding hydrogens is 544 g/mol. The molecule has 1 unspecified atom stereocenters. The summed E-state index contributed by atoms with van der Waals surface area (Å²) in [4.78, 5) is 23.1. The predicted octanol–water partition coefficient (Wildman–Crippen LogP) is 6.29. The fourth-order valence-electron chi connectivity index (χ4n) is 5.14. The monoisotopic (exact) mass is 580 g/mol. The van der Waals surface area contributed by atoms with Gasteiger partial charge < -0.3 is 24.5 Å². The molecule has 1 aliphatic rings. The molecule has 8 nitrogen and oxygen atoms in total. The summed E-state index contributed by atoms with van der Waals surface area (Å²) in [5.41, 5.74) is 6.87. The van der Waals surface area contributed by atoms with Crippen LogP contribution in [-0.4, -0.2) is 32.8 Å². The van der Waals surface area contributed by atoms with E-state index >= 15 is 0 Å². The van der Waals surface area contributed by atoms with Crippen molar-refractivity contribution in [1.82, 2.24) is 10.5 Å². The molecule has 8 heteroatoms. The van der Waals surface area contributed by atoms with Crippen molar-refractivity contribution in [3.63, 3.8) is 0 Å². The van der Waals surface area contributed by atoms with E-state index in [-0.39, 0.29) is 18.4 Å². The van der Waals surface area contributed by atoms with E-state index < -0.39 is 11.6 Å². The third-order valence-electron chi connectivity index (χ3n) is 7.82. The van der Waals surface area contributed by atoms with E-state index in [0.717, 1.165) is 56.0 Å². The maximum Gasteiger partial charge on any atom is 0.335 e. The molecule has 2 aromatic heterocycles. The minimum absolute atomic E-state index is 0.0254. The number of amides is 1. The van der Waals surface area contributed by atoms with E-state index in [1.165, 1.54) is 5.56 Å². The molecular formula is C35H36N2O6. The van der Waals surface area contributed by atoms with Crippen LogP contribution in [0.3, 0.4) is 0 Å². The van der Waals surface area contributed by atoms with E-state index in [4.69, 9.17) is 19.2 Å². The zero-order valence-corrected chi connectivity index (χ0v) is 24.8. The zero-order chi connectivity index (χ0) is 30.7. The summed E-state index contributed by atoms with van der Waals surface area (Å²) >= 11 is 0. The smallest absolute Gasteiger partial charge is 0.335 e. The Hall–Kier alpha value is -4.69. The average molecular weight is 581 g/mol. The van der Waals surface area contributed by atoms with Crippen molar-refractivity contribution in [2.45, 2.75) is 65.0 Å². The third-order valence-corrected chi connectivity index (χ3v) is 7.82. The number of carboxylic acid groups (broad SMARTS) is 1. The van der Waals surface area contributed by atoms with Gasteiger partial charge in [-0.15, -0.1) is 0 Å². The lowest BCUT2D eigenvalue weighted by Crippen LogP contribution is -2.31. The molecule has 0 saturated heterocycles. The molecule has 1 saturated carbocycles. The van der Waals surface area contributed by atoms with E-state index in [0.29, 0.717) is 19.3 Å². The first-order chi connectivity index (χ1) is 20.5. The first kappa shape index (κ1) is 29.8. The highest BCUT2D eigenvalue weighted by atomic mass is 16.5. The molecule has 1 fully saturated rings. The lowest BCUT2D eigenvalue weighted by atomic mass is 9.93. The Kier molecular flexibility index (Phi) is 8.50. The molecule has 1 atom stereocenters. The van der Waals surface area contributed by atoms with Crippen LogP contribution in [-0.2, 0) is 22.4 Å². The lowest BCUT2D eigenvalue weighted by molar-refractivity contribution is -0.149. The number of aryl methyl sites for hydroxylation is 4. The summed E-state index contributed by atoms with van der Waals surface area (Å²) in [5.74, 6) is 0.539. The molecule has 6 rings (SSSR count). The quantitative estimate of drug-likeness (QED) is 0.197. The molecule has 43 heavy (non-hydrogen) atoms. The normalized spacial score (nSPS) is 14.1. The van der Waals surface area contributed by atoms with Crippen molar-refractivity contribution in [2.75, 3.05) is 0 Å². The Bertz CT molecular complexity index is 1740. The van der Waals surface area contributed by atoms with Crippen LogP contribution in [0.5, 0.6) is 0 Å². The van der Waals surface area contributed by atoms with Crippen LogP contribution in [0, 0.1) is 27.7 Å². The second-order valence-corrected chi connectivity index (χ2v) is 11.3. The average Bonchev–Trinajstić information content (AvgIpc) is 3.49. The first-order valence-corrected chi connectivity index (χ1v) is 14.3. The van der Waals surface area contributed by atoms with E-state index in [1.54, 1.807) is 0 Å². The van der Waals surface area contributed by atoms with Crippen LogP contribution in [0.1, 0.15) is 69.5 Å². The Balaban J connectivity index is 0.000000463. The third kappa shape index (κ3) is 7.04. The number of benzene rings is 3. The topological polar surface area (TPSA) is 126 Å². The van der Waals surface area contributed by atoms with Crippen LogP contribution in [0.15, 0.2) is 81.7 Å². The Morgan fingerprint density at radius 1 is 0.977 bits per heavy atom. The van der Waals surface area contributed by atoms with E-state index in [2.05, 4.69) is 54.7 Å². The first-order valence-electron chi connectivity index (χ1n) is 14.3. The molecule has 0 aliphatic heterocycles. The molecule has 1 amide bonds. The van der Waals surface area contributed by atoms with Crippen molar-refractivity contribution in [3.05, 3.63) is 123 Å². The van der Waals surface area contributed by atoms with Gasteiger partial charge in [-0.05, 0) is 81.0 Å². The fourth-order valence-corrected chi connectivity index (χ4v) is 5.14. The molecule has 222 valence electrons. The highest BCUT2D eigenvalue weighted by Gasteiger charge is 2.48. The number of fused-ring (bicyclic) bond motifs is 1. The number of aliphatic carboxylic acids is 1. The molecule has 1 aliphatic carbocycles. The number of rotatable bonds is 8. The van der Waals surface area contributed by atoms with Gasteiger partial charge in [0.15, 0.2) is 5.60 Å². The van der Waals surface area contributed by atoms with Crippen molar-refractivity contribution < 1.29 is 28.7 Å². The summed E-state index contributed by atoms with van der Waals surface area (Å²) < 4.78 is 11.3. The maximum absolute atomic E-state index is 13.2. The molecule has 3 N–H and O–H groups in total. The van der Waals surface area contributed by atoms with Crippen molar-refractivity contribution in [2.24, 2.45) is 0 Å². The van der Waals surface area contributed by atoms with Gasteiger partial charge in [-0.3, -0.25) is 4.79 Å². The molecule has 5 aromatic rings. The number of carbonyl (C=O) groups is 2. The van der Waals surface area contributed by atoms with Gasteiger partial charge in [-0.2, -0.15) is 0 Å². The highest BCUT2D eigenvalue weighted by Crippen LogP contribution is 2.34. The van der Waals surface area contributed by atoms with Gasteiger partial charge in [0.05, 0.1) is 18.2 Å². The number of carboxylic acids is 1. The zero-order valence-electron chi connectivity index (χ0n) is 24.8. The standard InChI is InChI=1S/C31H30N2O3.C4H6O3/c1-19-10-12-27(20(2)14-19)31(24-8-6-5-7-9-24)32-30(34)16-23-11-13-29-25(15-23)17-26(35-29)18-28-21(3)33-36-22(28)4;5-3(6)4(7)1-2-4/h5-15,17,31H,16,18H2,1-4H3,(H,32,34);7H,1-2H2,(H,5,6). The Morgan fingerprint density at radius 2 is 1.72 bits per heavy atom. The lowest BCUT2D eigenvalue weighted by Gasteiger charge is -2.22. The number of carbonyl (C=O) groups excluding carboxylic acids is 1. The molecule has 2 heterocycles. The number of furan rings is 1. The van der Waals surface area contributed by atoms with Gasteiger partial charge in [0.1, 0.15) is 17.1 Å². The number of nitrogens with zero attached hydrogens (tertiary/aromatic N) is 1. The van der Waals surface area contributed by atoms with Gasteiger partial charge in [-0.25, -0.2) is 4.79 Å². The Labute approximate surface area is 250 Å². The van der Waals surface area contributed by atoms with Crippen LogP contribution in [0.2, 0.25) is 0 Å². The second kappa shape index (κ2) is 12.3. The number of hydrogen-bond acceptors (Lipinski definition) is 6. The number of hydrogen-bond donors (Lipinski definition) is 3. The molecule has 0 bridgehead atoms. The molecule has 3 aromatic carbocycles. The van der Waals surface area contributed by atoms with Crippen LogP contribution in [0.25, 0.3) is 11.0 Å². The van der Waals surface area contributed by atoms with Crippen LogP contribution >= 0.6 is 0 Å². The van der Waals surface area contributed by atoms with Crippen molar-refractivity contribution in [3.8, 4) is 0 Å². The van der Waals surface area contributed by atoms with Crippen LogP contribution < -0.4 is 5.32 Å². The second-order valence-electron chi connectivity index (χ2n) is 11.3. The highest BCUT2D eigenvalue weighted by molar-refractivity contribution is 5.83. The number of nitrogens with one attached hydrogen (secondary N) is 1. The molecule has 0 spiro atoms. The van der Waals surface area contributed by atoms with Gasteiger partial charge >= 0.3 is 5.97 Å². The summed E-state index contributed by atoms with van der Waals surface area (Å²) in [6, 6.07) is 24.2. The summed E-state index contributed by atoms with van der Waals surface area (Å²) in [6.07, 6.45) is 1.75. The minimum Gasteiger partial charge on any atom is -0.479 e. The summed E-state index contributed by atoms with van der Waals surface area (Å²) in [7, 11) is 0. The Morgan fingerprint density at radius 3 is 2.33 bits per heavy atom. The van der Waals surface area contributed by atoms with Gasteiger partial charge in [0.2, 0.25) is 5.91 Å². The number of aliphatic hydroxyl groups is 1.